The number of carbonyl (C=O) groups excluding carboxylic acids is 1. The van der Waals surface area contributed by atoms with E-state index in [0.29, 0.717) is 26.0 Å². The third-order valence-corrected chi connectivity index (χ3v) is 7.99. The van der Waals surface area contributed by atoms with E-state index < -0.39 is 0 Å². The first-order valence-corrected chi connectivity index (χ1v) is 11.8. The number of halogens is 2. The van der Waals surface area contributed by atoms with Crippen LogP contribution in [-0.2, 0) is 11.3 Å². The number of fused-ring (bicyclic) bond motifs is 4. The minimum Gasteiger partial charge on any atom is -0.356 e. The van der Waals surface area contributed by atoms with Crippen LogP contribution >= 0.6 is 47.2 Å². The largest absolute Gasteiger partial charge is 0.356 e. The van der Waals surface area contributed by atoms with Gasteiger partial charge in [-0.05, 0) is 37.5 Å². The van der Waals surface area contributed by atoms with Crippen molar-refractivity contribution >= 4 is 63.1 Å². The molecule has 1 fully saturated rings. The van der Waals surface area contributed by atoms with Crippen LogP contribution in [0.25, 0.3) is 0 Å². The topological polar surface area (TPSA) is 54.3 Å². The lowest BCUT2D eigenvalue weighted by atomic mass is 9.83. The third-order valence-electron chi connectivity index (χ3n) is 5.59. The van der Waals surface area contributed by atoms with Gasteiger partial charge in [-0.25, -0.2) is 0 Å². The molecule has 30 heavy (non-hydrogen) atoms. The first-order valence-electron chi connectivity index (χ1n) is 9.73. The number of piperidine rings is 1. The molecule has 0 radical (unpaired) electrons. The van der Waals surface area contributed by atoms with Crippen LogP contribution in [0.3, 0.4) is 0 Å². The molecule has 3 atom stereocenters. The van der Waals surface area contributed by atoms with Crippen molar-refractivity contribution in [2.24, 2.45) is 5.92 Å². The van der Waals surface area contributed by atoms with E-state index in [1.54, 1.807) is 24.3 Å². The zero-order valence-electron chi connectivity index (χ0n) is 16.3. The predicted molar refractivity (Wildman–Crippen MR) is 128 cm³/mol. The molecule has 9 heteroatoms. The zero-order chi connectivity index (χ0) is 21.4. The molecule has 1 saturated heterocycles. The van der Waals surface area contributed by atoms with E-state index in [4.69, 9.17) is 35.4 Å². The van der Waals surface area contributed by atoms with Gasteiger partial charge in [0.05, 0.1) is 21.0 Å². The van der Waals surface area contributed by atoms with Crippen LogP contribution in [-0.4, -0.2) is 38.0 Å². The Labute approximate surface area is 194 Å². The number of anilines is 1. The molecule has 2 aromatic rings. The Morgan fingerprint density at radius 2 is 1.97 bits per heavy atom. The van der Waals surface area contributed by atoms with E-state index in [2.05, 4.69) is 10.2 Å². The van der Waals surface area contributed by atoms with Crippen molar-refractivity contribution in [3.8, 4) is 0 Å². The van der Waals surface area contributed by atoms with Gasteiger partial charge in [-0.15, -0.1) is 0 Å². The van der Waals surface area contributed by atoms with Gasteiger partial charge in [0.1, 0.15) is 4.32 Å². The molecule has 1 aromatic carbocycles. The lowest BCUT2D eigenvalue weighted by Gasteiger charge is -2.43. The van der Waals surface area contributed by atoms with E-state index >= 15 is 0 Å². The third kappa shape index (κ3) is 4.40. The van der Waals surface area contributed by atoms with Crippen LogP contribution in [0.15, 0.2) is 41.2 Å². The van der Waals surface area contributed by atoms with Crippen molar-refractivity contribution in [2.45, 2.75) is 31.1 Å². The van der Waals surface area contributed by atoms with Crippen molar-refractivity contribution in [2.75, 3.05) is 18.4 Å². The highest BCUT2D eigenvalue weighted by molar-refractivity contribution is 8.23. The van der Waals surface area contributed by atoms with Crippen LogP contribution in [0.2, 0.25) is 10.0 Å². The van der Waals surface area contributed by atoms with Crippen molar-refractivity contribution in [1.29, 1.82) is 0 Å². The molecule has 0 saturated carbocycles. The number of hydrogen-bond donors (Lipinski definition) is 1. The number of hydrogen-bond acceptors (Lipinski definition) is 4. The number of rotatable bonds is 3. The molecule has 5 nitrogen and oxygen atoms in total. The van der Waals surface area contributed by atoms with E-state index in [9.17, 15) is 9.59 Å². The van der Waals surface area contributed by atoms with E-state index in [1.165, 1.54) is 11.8 Å². The molecule has 1 N–H and O–H groups in total. The number of thiocarbonyl (C=S) groups is 1. The second kappa shape index (κ2) is 8.91. The molecule has 4 rings (SSSR count). The fraction of sp³-hybridized carbons (Fsp3) is 0.381. The predicted octanol–water partition coefficient (Wildman–Crippen LogP) is 4.62. The lowest BCUT2D eigenvalue weighted by Crippen LogP contribution is -2.48. The van der Waals surface area contributed by atoms with Gasteiger partial charge in [-0.1, -0.05) is 59.3 Å². The van der Waals surface area contributed by atoms with Crippen LogP contribution in [0.1, 0.15) is 25.0 Å². The summed E-state index contributed by atoms with van der Waals surface area (Å²) in [4.78, 5) is 27.0. The van der Waals surface area contributed by atoms with Gasteiger partial charge in [0.25, 0.3) is 5.56 Å². The molecule has 2 bridgehead atoms. The molecule has 0 spiro atoms. The Morgan fingerprint density at radius 1 is 1.20 bits per heavy atom. The van der Waals surface area contributed by atoms with Crippen LogP contribution < -0.4 is 10.9 Å². The van der Waals surface area contributed by atoms with Gasteiger partial charge in [0.2, 0.25) is 5.91 Å². The second-order valence-corrected chi connectivity index (χ2v) is 10.5. The zero-order valence-corrected chi connectivity index (χ0v) is 19.5. The fourth-order valence-corrected chi connectivity index (χ4v) is 5.86. The van der Waals surface area contributed by atoms with Crippen molar-refractivity contribution < 1.29 is 4.79 Å². The summed E-state index contributed by atoms with van der Waals surface area (Å²) in [5.74, 6) is 0.476. The molecule has 3 unspecified atom stereocenters. The summed E-state index contributed by atoms with van der Waals surface area (Å²) < 4.78 is 2.60. The van der Waals surface area contributed by atoms with E-state index in [-0.39, 0.29) is 22.6 Å². The molecule has 2 aliphatic heterocycles. The Morgan fingerprint density at radius 3 is 2.77 bits per heavy atom. The van der Waals surface area contributed by atoms with E-state index in [1.807, 2.05) is 23.6 Å². The van der Waals surface area contributed by atoms with Crippen LogP contribution in [0.5, 0.6) is 0 Å². The number of aromatic nitrogens is 1. The van der Waals surface area contributed by atoms with Gasteiger partial charge in [0.15, 0.2) is 0 Å². The summed E-state index contributed by atoms with van der Waals surface area (Å²) in [6, 6.07) is 10.6. The Kier molecular flexibility index (Phi) is 6.44. The molecule has 2 aliphatic rings. The maximum absolute atomic E-state index is 12.6. The Balaban J connectivity index is 1.40. The summed E-state index contributed by atoms with van der Waals surface area (Å²) in [5, 5.41) is 3.16. The molecule has 1 amide bonds. The number of pyridine rings is 1. The van der Waals surface area contributed by atoms with Crippen molar-refractivity contribution in [3.05, 3.63) is 62.5 Å². The second-order valence-electron chi connectivity index (χ2n) is 7.72. The maximum atomic E-state index is 12.6. The van der Waals surface area contributed by atoms with Crippen LogP contribution in [0.4, 0.5) is 5.69 Å². The molecule has 158 valence electrons. The average Bonchev–Trinajstić information content (AvgIpc) is 2.72. The number of thioether (sulfide) groups is 1. The lowest BCUT2D eigenvalue weighted by molar-refractivity contribution is -0.115. The highest BCUT2D eigenvalue weighted by Gasteiger charge is 2.36. The molecular weight excluding hydrogens is 461 g/mol. The molecule has 3 heterocycles. The molecule has 0 aliphatic carbocycles. The first-order chi connectivity index (χ1) is 14.3. The first kappa shape index (κ1) is 21.7. The fourth-order valence-electron chi connectivity index (χ4n) is 4.16. The summed E-state index contributed by atoms with van der Waals surface area (Å²) >= 11 is 19.2. The summed E-state index contributed by atoms with van der Waals surface area (Å²) in [6.45, 7) is 4.11. The molecule has 1 aromatic heterocycles. The smallest absolute Gasteiger partial charge is 0.250 e. The average molecular weight is 482 g/mol. The number of amides is 1. The van der Waals surface area contributed by atoms with E-state index in [0.717, 1.165) is 31.7 Å². The minimum absolute atomic E-state index is 0.0672. The highest BCUT2D eigenvalue weighted by Crippen LogP contribution is 2.36. The number of nitrogens with zero attached hydrogens (tertiary/aromatic N) is 2. The Hall–Kier alpha value is -1.54. The number of likely N-dealkylation sites (tertiary alicyclic amines) is 1. The van der Waals surface area contributed by atoms with Crippen molar-refractivity contribution in [3.63, 3.8) is 0 Å². The van der Waals surface area contributed by atoms with Crippen LogP contribution in [0, 0.1) is 5.92 Å². The van der Waals surface area contributed by atoms with Gasteiger partial charge < -0.3 is 14.8 Å². The quantitative estimate of drug-likeness (QED) is 0.648. The number of benzene rings is 1. The summed E-state index contributed by atoms with van der Waals surface area (Å²) in [7, 11) is 0. The monoisotopic (exact) mass is 481 g/mol. The number of nitrogens with one attached hydrogen (secondary N) is 1. The normalized spacial score (nSPS) is 21.0. The van der Waals surface area contributed by atoms with Gasteiger partial charge in [-0.2, -0.15) is 0 Å². The van der Waals surface area contributed by atoms with Gasteiger partial charge in [0, 0.05) is 37.3 Å². The standard InChI is InChI=1S/C21H21Cl2N3O2S2/c1-12(20(28)24-16-5-2-4-15(22)19(16)23)30-21(29)25-9-13-8-14(11-25)17-6-3-7-18(27)26(17)10-13/h2-7,12-14H,8-11H2,1H3,(H,24,28). The Bertz CT molecular complexity index is 1060. The van der Waals surface area contributed by atoms with Gasteiger partial charge in [-0.3, -0.25) is 9.59 Å². The van der Waals surface area contributed by atoms with Crippen molar-refractivity contribution in [1.82, 2.24) is 9.47 Å². The highest BCUT2D eigenvalue weighted by atomic mass is 35.5. The molecular formula is C21H21Cl2N3O2S2. The number of carbonyl (C=O) groups is 1. The van der Waals surface area contributed by atoms with Gasteiger partial charge >= 0.3 is 0 Å². The summed E-state index contributed by atoms with van der Waals surface area (Å²) in [6.07, 6.45) is 1.07. The SMILES string of the molecule is CC(SC(=S)N1CC2CC(C1)c1cccc(=O)n1C2)C(=O)Nc1cccc(Cl)c1Cl. The minimum atomic E-state index is -0.385. The maximum Gasteiger partial charge on any atom is 0.250 e. The summed E-state index contributed by atoms with van der Waals surface area (Å²) in [5.41, 5.74) is 1.64.